The van der Waals surface area contributed by atoms with Crippen LogP contribution in [0.25, 0.3) is 0 Å². The van der Waals surface area contributed by atoms with Crippen LogP contribution in [0.5, 0.6) is 0 Å². The summed E-state index contributed by atoms with van der Waals surface area (Å²) < 4.78 is 5.19. The first kappa shape index (κ1) is 11.8. The van der Waals surface area contributed by atoms with E-state index in [0.29, 0.717) is 12.3 Å². The minimum Gasteiger partial charge on any atom is -0.449 e. The summed E-state index contributed by atoms with van der Waals surface area (Å²) in [5.74, 6) is 1.11. The number of aliphatic hydroxyl groups is 1. The van der Waals surface area contributed by atoms with Crippen molar-refractivity contribution in [1.82, 2.24) is 5.32 Å². The number of nitrogens with zero attached hydrogens (tertiary/aromatic N) is 1. The predicted molar refractivity (Wildman–Crippen MR) is 56.0 cm³/mol. The van der Waals surface area contributed by atoms with E-state index >= 15 is 0 Å². The Kier molecular flexibility index (Phi) is 4.88. The molecule has 1 aromatic rings. The van der Waals surface area contributed by atoms with Crippen LogP contribution in [-0.2, 0) is 6.54 Å². The SMILES string of the molecule is CC(O)CCCNCc1ccc(C#N)o1. The Morgan fingerprint density at radius 1 is 1.60 bits per heavy atom. The molecule has 1 unspecified atom stereocenters. The molecular weight excluding hydrogens is 192 g/mol. The zero-order valence-corrected chi connectivity index (χ0v) is 8.86. The van der Waals surface area contributed by atoms with Gasteiger partial charge < -0.3 is 14.8 Å². The third-order valence-corrected chi connectivity index (χ3v) is 2.05. The standard InChI is InChI=1S/C11H16N2O2/c1-9(14)3-2-6-13-8-11-5-4-10(7-12)15-11/h4-5,9,13-14H,2-3,6,8H2,1H3. The van der Waals surface area contributed by atoms with Gasteiger partial charge in [0.15, 0.2) is 0 Å². The lowest BCUT2D eigenvalue weighted by atomic mass is 10.2. The molecule has 82 valence electrons. The van der Waals surface area contributed by atoms with E-state index in [1.54, 1.807) is 19.1 Å². The molecule has 2 N–H and O–H groups in total. The van der Waals surface area contributed by atoms with Gasteiger partial charge in [-0.2, -0.15) is 5.26 Å². The Labute approximate surface area is 89.5 Å². The molecule has 0 spiro atoms. The molecule has 15 heavy (non-hydrogen) atoms. The maximum absolute atomic E-state index is 9.02. The summed E-state index contributed by atoms with van der Waals surface area (Å²) in [4.78, 5) is 0. The quantitative estimate of drug-likeness (QED) is 0.693. The Bertz CT molecular complexity index is 326. The van der Waals surface area contributed by atoms with E-state index in [4.69, 9.17) is 14.8 Å². The Hall–Kier alpha value is -1.31. The highest BCUT2D eigenvalue weighted by Gasteiger charge is 2.00. The maximum atomic E-state index is 9.02. The topological polar surface area (TPSA) is 69.2 Å². The molecule has 0 saturated heterocycles. The monoisotopic (exact) mass is 208 g/mol. The van der Waals surface area contributed by atoms with Crippen molar-refractivity contribution in [3.05, 3.63) is 23.7 Å². The van der Waals surface area contributed by atoms with Crippen LogP contribution in [0.1, 0.15) is 31.3 Å². The van der Waals surface area contributed by atoms with E-state index < -0.39 is 0 Å². The number of nitrogens with one attached hydrogen (secondary N) is 1. The molecule has 0 saturated carbocycles. The Balaban J connectivity index is 2.13. The minimum absolute atomic E-state index is 0.236. The maximum Gasteiger partial charge on any atom is 0.203 e. The van der Waals surface area contributed by atoms with Crippen molar-refractivity contribution in [1.29, 1.82) is 5.26 Å². The molecule has 0 aliphatic carbocycles. The molecular formula is C11H16N2O2. The third-order valence-electron chi connectivity index (χ3n) is 2.05. The zero-order chi connectivity index (χ0) is 11.1. The summed E-state index contributed by atoms with van der Waals surface area (Å²) in [6.45, 7) is 3.25. The van der Waals surface area contributed by atoms with Gasteiger partial charge in [-0.25, -0.2) is 0 Å². The van der Waals surface area contributed by atoms with Crippen molar-refractivity contribution in [2.24, 2.45) is 0 Å². The number of hydrogen-bond acceptors (Lipinski definition) is 4. The summed E-state index contributed by atoms with van der Waals surface area (Å²) in [7, 11) is 0. The highest BCUT2D eigenvalue weighted by atomic mass is 16.3. The van der Waals surface area contributed by atoms with E-state index in [9.17, 15) is 0 Å². The lowest BCUT2D eigenvalue weighted by Gasteiger charge is -2.04. The second-order valence-electron chi connectivity index (χ2n) is 3.55. The average molecular weight is 208 g/mol. The van der Waals surface area contributed by atoms with Crippen molar-refractivity contribution in [2.45, 2.75) is 32.4 Å². The molecule has 0 aliphatic heterocycles. The van der Waals surface area contributed by atoms with Gasteiger partial charge in [-0.15, -0.1) is 0 Å². The highest BCUT2D eigenvalue weighted by Crippen LogP contribution is 2.05. The number of hydrogen-bond donors (Lipinski definition) is 2. The summed E-state index contributed by atoms with van der Waals surface area (Å²) in [5, 5.41) is 20.7. The Morgan fingerprint density at radius 2 is 2.40 bits per heavy atom. The molecule has 4 nitrogen and oxygen atoms in total. The molecule has 0 aliphatic rings. The minimum atomic E-state index is -0.236. The lowest BCUT2D eigenvalue weighted by molar-refractivity contribution is 0.181. The van der Waals surface area contributed by atoms with Crippen LogP contribution in [0.4, 0.5) is 0 Å². The summed E-state index contributed by atoms with van der Waals surface area (Å²) in [6.07, 6.45) is 1.50. The van der Waals surface area contributed by atoms with Crippen LogP contribution in [0.2, 0.25) is 0 Å². The summed E-state index contributed by atoms with van der Waals surface area (Å²) in [5.41, 5.74) is 0. The van der Waals surface area contributed by atoms with E-state index in [-0.39, 0.29) is 6.10 Å². The van der Waals surface area contributed by atoms with Gasteiger partial charge >= 0.3 is 0 Å². The van der Waals surface area contributed by atoms with Gasteiger partial charge in [-0.1, -0.05) is 0 Å². The van der Waals surface area contributed by atoms with Gasteiger partial charge in [0.2, 0.25) is 5.76 Å². The summed E-state index contributed by atoms with van der Waals surface area (Å²) in [6, 6.07) is 5.39. The number of rotatable bonds is 6. The smallest absolute Gasteiger partial charge is 0.203 e. The molecule has 0 amide bonds. The van der Waals surface area contributed by atoms with Crippen LogP contribution in [-0.4, -0.2) is 17.8 Å². The molecule has 4 heteroatoms. The number of aliphatic hydroxyl groups excluding tert-OH is 1. The predicted octanol–water partition coefficient (Wildman–Crippen LogP) is 1.40. The van der Waals surface area contributed by atoms with Gasteiger partial charge in [-0.3, -0.25) is 0 Å². The van der Waals surface area contributed by atoms with Crippen molar-refractivity contribution in [3.63, 3.8) is 0 Å². The van der Waals surface area contributed by atoms with Gasteiger partial charge in [0.05, 0.1) is 12.6 Å². The van der Waals surface area contributed by atoms with E-state index in [1.807, 2.05) is 6.07 Å². The molecule has 0 aromatic carbocycles. The third kappa shape index (κ3) is 4.63. The van der Waals surface area contributed by atoms with Gasteiger partial charge in [0, 0.05) is 0 Å². The average Bonchev–Trinajstić information content (AvgIpc) is 2.65. The molecule has 0 fully saturated rings. The molecule has 0 radical (unpaired) electrons. The van der Waals surface area contributed by atoms with Gasteiger partial charge in [0.25, 0.3) is 0 Å². The summed E-state index contributed by atoms with van der Waals surface area (Å²) >= 11 is 0. The number of nitriles is 1. The fourth-order valence-electron chi connectivity index (χ4n) is 1.27. The van der Waals surface area contributed by atoms with Crippen molar-refractivity contribution < 1.29 is 9.52 Å². The first-order valence-corrected chi connectivity index (χ1v) is 5.10. The fraction of sp³-hybridized carbons (Fsp3) is 0.545. The molecule has 1 atom stereocenters. The normalized spacial score (nSPS) is 12.3. The van der Waals surface area contributed by atoms with E-state index in [2.05, 4.69) is 5.32 Å². The molecule has 1 aromatic heterocycles. The van der Waals surface area contributed by atoms with Crippen molar-refractivity contribution in [2.75, 3.05) is 6.54 Å². The first-order valence-electron chi connectivity index (χ1n) is 5.10. The molecule has 1 heterocycles. The van der Waals surface area contributed by atoms with Crippen LogP contribution in [0.15, 0.2) is 16.5 Å². The van der Waals surface area contributed by atoms with Crippen LogP contribution < -0.4 is 5.32 Å². The lowest BCUT2D eigenvalue weighted by Crippen LogP contribution is -2.15. The van der Waals surface area contributed by atoms with Crippen LogP contribution in [0.3, 0.4) is 0 Å². The fourth-order valence-corrected chi connectivity index (χ4v) is 1.27. The van der Waals surface area contributed by atoms with E-state index in [1.165, 1.54) is 0 Å². The van der Waals surface area contributed by atoms with E-state index in [0.717, 1.165) is 25.1 Å². The van der Waals surface area contributed by atoms with Crippen molar-refractivity contribution in [3.8, 4) is 6.07 Å². The van der Waals surface area contributed by atoms with Gasteiger partial charge in [-0.05, 0) is 38.4 Å². The van der Waals surface area contributed by atoms with Crippen LogP contribution in [0, 0.1) is 11.3 Å². The zero-order valence-electron chi connectivity index (χ0n) is 8.86. The molecule has 0 bridgehead atoms. The van der Waals surface area contributed by atoms with Crippen molar-refractivity contribution >= 4 is 0 Å². The first-order chi connectivity index (χ1) is 7.22. The highest BCUT2D eigenvalue weighted by molar-refractivity contribution is 5.18. The van der Waals surface area contributed by atoms with Crippen LogP contribution >= 0.6 is 0 Å². The molecule has 1 rings (SSSR count). The number of furan rings is 1. The second kappa shape index (κ2) is 6.23. The second-order valence-corrected chi connectivity index (χ2v) is 3.55. The Morgan fingerprint density at radius 3 is 3.00 bits per heavy atom. The largest absolute Gasteiger partial charge is 0.449 e. The van der Waals surface area contributed by atoms with Gasteiger partial charge in [0.1, 0.15) is 11.8 Å².